The van der Waals surface area contributed by atoms with Gasteiger partial charge in [0, 0.05) is 14.1 Å². The van der Waals surface area contributed by atoms with E-state index < -0.39 is 28.3 Å². The molecule has 37 heavy (non-hydrogen) atoms. The number of hydrogen-bond donors (Lipinski definition) is 0. The predicted molar refractivity (Wildman–Crippen MR) is 152 cm³/mol. The van der Waals surface area contributed by atoms with E-state index in [1.807, 2.05) is 107 Å². The fourth-order valence-corrected chi connectivity index (χ4v) is 5.87. The molecule has 0 spiro atoms. The average molecular weight is 544 g/mol. The van der Waals surface area contributed by atoms with E-state index >= 15 is 0 Å². The maximum Gasteiger partial charge on any atom is 0.161 e. The molecular formula is C28H37N3O4S2. The SMILES string of the molecule is C/C(=N\[S@@+]([O-])C(C)(C)C)[C@H]1O[C@@H]2SC(N(C)C)=N[C@@H]2[C@@H](OCc2ccccc2)[C@@H]1OCc1ccccc1. The molecule has 0 radical (unpaired) electrons. The van der Waals surface area contributed by atoms with Gasteiger partial charge in [-0.05, 0) is 38.8 Å². The Morgan fingerprint density at radius 2 is 1.54 bits per heavy atom. The van der Waals surface area contributed by atoms with Crippen molar-refractivity contribution in [1.29, 1.82) is 0 Å². The van der Waals surface area contributed by atoms with Crippen LogP contribution < -0.4 is 0 Å². The van der Waals surface area contributed by atoms with E-state index in [4.69, 9.17) is 19.2 Å². The van der Waals surface area contributed by atoms with Crippen LogP contribution in [0.4, 0.5) is 0 Å². The van der Waals surface area contributed by atoms with E-state index in [9.17, 15) is 4.55 Å². The Labute approximate surface area is 228 Å². The fraction of sp³-hybridized carbons (Fsp3) is 0.500. The van der Waals surface area contributed by atoms with Crippen molar-refractivity contribution in [3.8, 4) is 0 Å². The zero-order valence-electron chi connectivity index (χ0n) is 22.4. The lowest BCUT2D eigenvalue weighted by Gasteiger charge is -2.42. The third-order valence-electron chi connectivity index (χ3n) is 6.12. The largest absolute Gasteiger partial charge is 0.591 e. The van der Waals surface area contributed by atoms with E-state index in [-0.39, 0.29) is 17.6 Å². The lowest BCUT2D eigenvalue weighted by atomic mass is 9.95. The number of rotatable bonds is 8. The number of amidine groups is 1. The summed E-state index contributed by atoms with van der Waals surface area (Å²) in [6, 6.07) is 19.9. The molecule has 0 aliphatic carbocycles. The molecule has 6 atom stereocenters. The quantitative estimate of drug-likeness (QED) is 0.350. The van der Waals surface area contributed by atoms with Gasteiger partial charge >= 0.3 is 0 Å². The van der Waals surface area contributed by atoms with Crippen molar-refractivity contribution in [2.75, 3.05) is 14.1 Å². The van der Waals surface area contributed by atoms with Crippen molar-refractivity contribution in [2.24, 2.45) is 9.39 Å². The molecule has 0 aromatic heterocycles. The van der Waals surface area contributed by atoms with Crippen LogP contribution in [0.1, 0.15) is 38.8 Å². The van der Waals surface area contributed by atoms with Gasteiger partial charge in [0.05, 0.1) is 18.9 Å². The lowest BCUT2D eigenvalue weighted by Crippen LogP contribution is -2.59. The normalized spacial score (nSPS) is 26.9. The van der Waals surface area contributed by atoms with Gasteiger partial charge in [-0.15, -0.1) is 0 Å². The molecule has 200 valence electrons. The van der Waals surface area contributed by atoms with E-state index in [0.29, 0.717) is 18.9 Å². The number of aliphatic imine (C=N–C) groups is 1. The molecule has 9 heteroatoms. The van der Waals surface area contributed by atoms with Crippen LogP contribution in [0.25, 0.3) is 0 Å². The highest BCUT2D eigenvalue weighted by molar-refractivity contribution is 8.14. The summed E-state index contributed by atoms with van der Waals surface area (Å²) in [6.07, 6.45) is -1.40. The fourth-order valence-electron chi connectivity index (χ4n) is 4.10. The van der Waals surface area contributed by atoms with Crippen molar-refractivity contribution < 1.29 is 18.8 Å². The molecule has 4 rings (SSSR count). The maximum absolute atomic E-state index is 12.9. The monoisotopic (exact) mass is 543 g/mol. The second-order valence-electron chi connectivity index (χ2n) is 10.5. The van der Waals surface area contributed by atoms with Crippen LogP contribution >= 0.6 is 11.8 Å². The Morgan fingerprint density at radius 3 is 2.05 bits per heavy atom. The molecule has 0 amide bonds. The van der Waals surface area contributed by atoms with E-state index in [1.165, 1.54) is 0 Å². The molecule has 1 saturated heterocycles. The Morgan fingerprint density at radius 1 is 1.00 bits per heavy atom. The summed E-state index contributed by atoms with van der Waals surface area (Å²) in [6.45, 7) is 8.43. The zero-order chi connectivity index (χ0) is 26.6. The minimum Gasteiger partial charge on any atom is -0.591 e. The maximum atomic E-state index is 12.9. The average Bonchev–Trinajstić information content (AvgIpc) is 3.31. The summed E-state index contributed by atoms with van der Waals surface area (Å²) >= 11 is 0.156. The molecule has 2 aromatic rings. The first-order chi connectivity index (χ1) is 17.6. The molecule has 0 unspecified atom stereocenters. The summed E-state index contributed by atoms with van der Waals surface area (Å²) in [5, 5.41) is 0.888. The van der Waals surface area contributed by atoms with Crippen LogP contribution in [0.5, 0.6) is 0 Å². The van der Waals surface area contributed by atoms with Gasteiger partial charge in [-0.1, -0.05) is 76.8 Å². The smallest absolute Gasteiger partial charge is 0.161 e. The molecule has 2 heterocycles. The summed E-state index contributed by atoms with van der Waals surface area (Å²) < 4.78 is 36.8. The molecule has 0 saturated carbocycles. The number of hydrogen-bond acceptors (Lipinski definition) is 8. The van der Waals surface area contributed by atoms with Crippen molar-refractivity contribution in [2.45, 2.75) is 75.4 Å². The van der Waals surface area contributed by atoms with Crippen molar-refractivity contribution >= 4 is 34.0 Å². The molecule has 0 bridgehead atoms. The van der Waals surface area contributed by atoms with Crippen molar-refractivity contribution in [1.82, 2.24) is 4.90 Å². The second kappa shape index (κ2) is 12.3. The van der Waals surface area contributed by atoms with Crippen LogP contribution in [0.3, 0.4) is 0 Å². The summed E-state index contributed by atoms with van der Waals surface area (Å²) in [5.41, 5.74) is 2.51. The number of thioether (sulfide) groups is 1. The molecule has 0 N–H and O–H groups in total. The van der Waals surface area contributed by atoms with Crippen LogP contribution in [0, 0.1) is 0 Å². The first kappa shape index (κ1) is 28.1. The van der Waals surface area contributed by atoms with Gasteiger partial charge in [-0.3, -0.25) is 4.99 Å². The van der Waals surface area contributed by atoms with Gasteiger partial charge in [0.2, 0.25) is 0 Å². The lowest BCUT2D eigenvalue weighted by molar-refractivity contribution is -0.179. The molecule has 2 aliphatic heterocycles. The zero-order valence-corrected chi connectivity index (χ0v) is 24.0. The van der Waals surface area contributed by atoms with Gasteiger partial charge < -0.3 is 23.7 Å². The number of ether oxygens (including phenoxy) is 3. The minimum absolute atomic E-state index is 0.246. The van der Waals surface area contributed by atoms with E-state index in [0.717, 1.165) is 16.3 Å². The Kier molecular flexibility index (Phi) is 9.37. The van der Waals surface area contributed by atoms with Crippen LogP contribution in [0.15, 0.2) is 70.1 Å². The van der Waals surface area contributed by atoms with Crippen LogP contribution in [0.2, 0.25) is 0 Å². The summed E-state index contributed by atoms with van der Waals surface area (Å²) in [7, 11) is 3.95. The first-order valence-corrected chi connectivity index (χ1v) is 14.5. The first-order valence-electron chi connectivity index (χ1n) is 12.5. The van der Waals surface area contributed by atoms with Gasteiger partial charge in [-0.2, -0.15) is 0 Å². The highest BCUT2D eigenvalue weighted by atomic mass is 32.2. The molecule has 2 aliphatic rings. The second-order valence-corrected chi connectivity index (χ2v) is 13.4. The summed E-state index contributed by atoms with van der Waals surface area (Å²) in [5.74, 6) is 0. The standard InChI is InChI=1S/C28H37N3O4S2/c1-19(30-37(32)28(2,3)4)23-25(34-18-21-15-11-8-12-16-21)24(33-17-20-13-9-7-10-14-20)22-26(35-23)36-27(29-22)31(5)6/h7-16,22-26H,17-18H2,1-6H3/b30-19+/t22-,23-,24-,25-,26-,37+/m1/s1. The van der Waals surface area contributed by atoms with Crippen LogP contribution in [-0.2, 0) is 38.8 Å². The number of benzene rings is 2. The highest BCUT2D eigenvalue weighted by Crippen LogP contribution is 2.40. The Bertz CT molecular complexity index is 1080. The third-order valence-corrected chi connectivity index (χ3v) is 8.92. The molecule has 2 aromatic carbocycles. The Hall–Kier alpha value is -1.88. The van der Waals surface area contributed by atoms with E-state index in [2.05, 4.69) is 4.40 Å². The van der Waals surface area contributed by atoms with Crippen molar-refractivity contribution in [3.05, 3.63) is 71.8 Å². The predicted octanol–water partition coefficient (Wildman–Crippen LogP) is 4.84. The van der Waals surface area contributed by atoms with Crippen LogP contribution in [-0.4, -0.2) is 69.0 Å². The van der Waals surface area contributed by atoms with Gasteiger partial charge in [0.15, 0.2) is 5.17 Å². The Balaban J connectivity index is 1.67. The highest BCUT2D eigenvalue weighted by Gasteiger charge is 2.52. The van der Waals surface area contributed by atoms with Gasteiger partial charge in [-0.25, -0.2) is 0 Å². The third kappa shape index (κ3) is 7.16. The van der Waals surface area contributed by atoms with Gasteiger partial charge in [0.25, 0.3) is 0 Å². The topological polar surface area (TPSA) is 78.7 Å². The van der Waals surface area contributed by atoms with E-state index in [1.54, 1.807) is 11.8 Å². The summed E-state index contributed by atoms with van der Waals surface area (Å²) in [4.78, 5) is 6.97. The molecule has 7 nitrogen and oxygen atoms in total. The van der Waals surface area contributed by atoms with Crippen molar-refractivity contribution in [3.63, 3.8) is 0 Å². The minimum atomic E-state index is -1.42. The molecule has 1 fully saturated rings. The number of fused-ring (bicyclic) bond motifs is 1. The molecular weight excluding hydrogens is 506 g/mol. The van der Waals surface area contributed by atoms with Gasteiger partial charge in [0.1, 0.15) is 45.9 Å². The number of nitrogens with zero attached hydrogens (tertiary/aromatic N) is 3.